The molecule has 0 fully saturated rings. The smallest absolute Gasteiger partial charge is 0.326 e. The van der Waals surface area contributed by atoms with Crippen LogP contribution in [0, 0.1) is 0 Å². The highest BCUT2D eigenvalue weighted by molar-refractivity contribution is 6.33. The van der Waals surface area contributed by atoms with Gasteiger partial charge in [0.05, 0.1) is 10.7 Å². The van der Waals surface area contributed by atoms with E-state index in [1.807, 2.05) is 0 Å². The summed E-state index contributed by atoms with van der Waals surface area (Å²) in [4.78, 5) is 33.2. The number of nitrogens with two attached hydrogens (primary N) is 1. The monoisotopic (exact) mass is 300 g/mol. The van der Waals surface area contributed by atoms with Crippen molar-refractivity contribution in [2.24, 2.45) is 0 Å². The van der Waals surface area contributed by atoms with Crippen LogP contribution in [0.1, 0.15) is 23.2 Å². The summed E-state index contributed by atoms with van der Waals surface area (Å²) >= 11 is 5.71. The van der Waals surface area contributed by atoms with Gasteiger partial charge in [-0.2, -0.15) is 0 Å². The van der Waals surface area contributed by atoms with Crippen molar-refractivity contribution in [3.05, 3.63) is 28.8 Å². The van der Waals surface area contributed by atoms with Crippen LogP contribution < -0.4 is 11.1 Å². The van der Waals surface area contributed by atoms with Crippen LogP contribution >= 0.6 is 11.6 Å². The van der Waals surface area contributed by atoms with E-state index in [0.29, 0.717) is 0 Å². The van der Waals surface area contributed by atoms with Crippen LogP contribution in [0.5, 0.6) is 0 Å². The fraction of sp³-hybridized carbons (Fsp3) is 0.250. The SMILES string of the molecule is Nc1cc(C(=O)N[C@@H](CCC(=O)O)C(=O)O)ccc1Cl. The molecule has 1 aromatic rings. The number of nitrogens with one attached hydrogen (secondary N) is 1. The van der Waals surface area contributed by atoms with Crippen molar-refractivity contribution in [1.82, 2.24) is 5.32 Å². The van der Waals surface area contributed by atoms with E-state index in [1.54, 1.807) is 0 Å². The first-order valence-corrected chi connectivity index (χ1v) is 5.99. The Kier molecular flexibility index (Phi) is 5.33. The largest absolute Gasteiger partial charge is 0.481 e. The zero-order chi connectivity index (χ0) is 15.3. The molecule has 0 aliphatic rings. The Morgan fingerprint density at radius 1 is 1.30 bits per heavy atom. The summed E-state index contributed by atoms with van der Waals surface area (Å²) in [5.41, 5.74) is 5.88. The number of carboxylic acids is 2. The molecule has 1 atom stereocenters. The molecule has 108 valence electrons. The van der Waals surface area contributed by atoms with Gasteiger partial charge in [0.1, 0.15) is 6.04 Å². The highest BCUT2D eigenvalue weighted by Crippen LogP contribution is 2.19. The van der Waals surface area contributed by atoms with E-state index in [1.165, 1.54) is 18.2 Å². The predicted octanol–water partition coefficient (Wildman–Crippen LogP) is 0.970. The molecule has 0 saturated carbocycles. The lowest BCUT2D eigenvalue weighted by molar-refractivity contribution is -0.140. The molecule has 0 saturated heterocycles. The minimum absolute atomic E-state index is 0.147. The summed E-state index contributed by atoms with van der Waals surface area (Å²) in [6.07, 6.45) is -0.570. The second-order valence-corrected chi connectivity index (χ2v) is 4.44. The first-order valence-electron chi connectivity index (χ1n) is 5.61. The lowest BCUT2D eigenvalue weighted by Gasteiger charge is -2.13. The Labute approximate surface area is 119 Å². The van der Waals surface area contributed by atoms with Crippen LogP contribution in [0.3, 0.4) is 0 Å². The summed E-state index contributed by atoms with van der Waals surface area (Å²) < 4.78 is 0. The third kappa shape index (κ3) is 4.43. The number of carboxylic acid groups (broad SMARTS) is 2. The molecule has 0 radical (unpaired) electrons. The topological polar surface area (TPSA) is 130 Å². The first-order chi connectivity index (χ1) is 9.31. The van der Waals surface area contributed by atoms with Gasteiger partial charge in [-0.1, -0.05) is 11.6 Å². The highest BCUT2D eigenvalue weighted by Gasteiger charge is 2.21. The molecule has 1 aromatic carbocycles. The molecule has 7 nitrogen and oxygen atoms in total. The number of hydrogen-bond donors (Lipinski definition) is 4. The van der Waals surface area contributed by atoms with E-state index in [9.17, 15) is 14.4 Å². The van der Waals surface area contributed by atoms with Crippen molar-refractivity contribution in [3.63, 3.8) is 0 Å². The van der Waals surface area contributed by atoms with E-state index >= 15 is 0 Å². The molecule has 0 aliphatic carbocycles. The molecule has 0 heterocycles. The second-order valence-electron chi connectivity index (χ2n) is 4.03. The number of carbonyl (C=O) groups is 3. The van der Waals surface area contributed by atoms with Crippen LogP contribution in [0.4, 0.5) is 5.69 Å². The lowest BCUT2D eigenvalue weighted by Crippen LogP contribution is -2.41. The third-order valence-corrected chi connectivity index (χ3v) is 2.85. The van der Waals surface area contributed by atoms with Crippen molar-refractivity contribution < 1.29 is 24.6 Å². The summed E-state index contributed by atoms with van der Waals surface area (Å²) in [7, 11) is 0. The molecule has 1 rings (SSSR count). The van der Waals surface area contributed by atoms with Gasteiger partial charge in [0.25, 0.3) is 5.91 Å². The molecule has 20 heavy (non-hydrogen) atoms. The minimum Gasteiger partial charge on any atom is -0.481 e. The quantitative estimate of drug-likeness (QED) is 0.579. The van der Waals surface area contributed by atoms with Gasteiger partial charge in [-0.25, -0.2) is 4.79 Å². The zero-order valence-electron chi connectivity index (χ0n) is 10.3. The zero-order valence-corrected chi connectivity index (χ0v) is 11.1. The molecule has 8 heteroatoms. The van der Waals surface area contributed by atoms with Crippen LogP contribution in [0.15, 0.2) is 18.2 Å². The molecule has 0 aromatic heterocycles. The predicted molar refractivity (Wildman–Crippen MR) is 71.6 cm³/mol. The van der Waals surface area contributed by atoms with E-state index in [0.717, 1.165) is 0 Å². The molecule has 0 spiro atoms. The van der Waals surface area contributed by atoms with Crippen molar-refractivity contribution >= 4 is 35.1 Å². The van der Waals surface area contributed by atoms with Gasteiger partial charge in [0.2, 0.25) is 0 Å². The number of carbonyl (C=O) groups excluding carboxylic acids is 1. The normalized spacial score (nSPS) is 11.7. The summed E-state index contributed by atoms with van der Waals surface area (Å²) in [6.45, 7) is 0. The van der Waals surface area contributed by atoms with Crippen molar-refractivity contribution in [3.8, 4) is 0 Å². The van der Waals surface area contributed by atoms with Crippen molar-refractivity contribution in [2.75, 3.05) is 5.73 Å². The van der Waals surface area contributed by atoms with Gasteiger partial charge in [-0.3, -0.25) is 9.59 Å². The number of rotatable bonds is 6. The fourth-order valence-corrected chi connectivity index (χ4v) is 1.57. The Morgan fingerprint density at radius 2 is 1.95 bits per heavy atom. The third-order valence-electron chi connectivity index (χ3n) is 2.51. The van der Waals surface area contributed by atoms with E-state index < -0.39 is 23.9 Å². The summed E-state index contributed by atoms with van der Waals surface area (Å²) in [5.74, 6) is -3.10. The Balaban J connectivity index is 2.77. The Bertz CT molecular complexity index is 547. The molecular weight excluding hydrogens is 288 g/mol. The van der Waals surface area contributed by atoms with E-state index in [-0.39, 0.29) is 29.1 Å². The van der Waals surface area contributed by atoms with Gasteiger partial charge in [-0.15, -0.1) is 0 Å². The van der Waals surface area contributed by atoms with Gasteiger partial charge in [0, 0.05) is 12.0 Å². The number of aliphatic carboxylic acids is 2. The summed E-state index contributed by atoms with van der Waals surface area (Å²) in [6, 6.07) is 2.84. The van der Waals surface area contributed by atoms with Crippen molar-refractivity contribution in [1.29, 1.82) is 0 Å². The maximum Gasteiger partial charge on any atom is 0.326 e. The fourth-order valence-electron chi connectivity index (χ4n) is 1.45. The molecule has 0 aliphatic heterocycles. The van der Waals surface area contributed by atoms with Crippen LogP contribution in [-0.2, 0) is 9.59 Å². The van der Waals surface area contributed by atoms with Crippen LogP contribution in [-0.4, -0.2) is 34.1 Å². The van der Waals surface area contributed by atoms with Crippen LogP contribution in [0.25, 0.3) is 0 Å². The number of hydrogen-bond acceptors (Lipinski definition) is 4. The minimum atomic E-state index is -1.30. The van der Waals surface area contributed by atoms with E-state index in [2.05, 4.69) is 5.32 Å². The van der Waals surface area contributed by atoms with Gasteiger partial charge < -0.3 is 21.3 Å². The first kappa shape index (κ1) is 15.8. The Hall–Kier alpha value is -2.28. The molecule has 5 N–H and O–H groups in total. The Morgan fingerprint density at radius 3 is 2.45 bits per heavy atom. The number of nitrogen functional groups attached to an aromatic ring is 1. The number of benzene rings is 1. The lowest BCUT2D eigenvalue weighted by atomic mass is 10.1. The molecular formula is C12H13ClN2O5. The maximum atomic E-state index is 11.8. The average molecular weight is 301 g/mol. The summed E-state index contributed by atoms with van der Waals surface area (Å²) in [5, 5.41) is 20.0. The van der Waals surface area contributed by atoms with Gasteiger partial charge in [-0.05, 0) is 24.6 Å². The second kappa shape index (κ2) is 6.76. The van der Waals surface area contributed by atoms with E-state index in [4.69, 9.17) is 27.5 Å². The highest BCUT2D eigenvalue weighted by atomic mass is 35.5. The standard InChI is InChI=1S/C12H13ClN2O5/c13-7-2-1-6(5-8(7)14)11(18)15-9(12(19)20)3-4-10(16)17/h1-2,5,9H,3-4,14H2,(H,15,18)(H,16,17)(H,19,20)/t9-/m0/s1. The number of halogens is 1. The average Bonchev–Trinajstić information content (AvgIpc) is 2.36. The van der Waals surface area contributed by atoms with Gasteiger partial charge in [0.15, 0.2) is 0 Å². The maximum absolute atomic E-state index is 11.8. The number of amides is 1. The molecule has 0 bridgehead atoms. The molecule has 1 amide bonds. The van der Waals surface area contributed by atoms with Crippen LogP contribution in [0.2, 0.25) is 5.02 Å². The van der Waals surface area contributed by atoms with Crippen molar-refractivity contribution in [2.45, 2.75) is 18.9 Å². The number of anilines is 1. The van der Waals surface area contributed by atoms with Gasteiger partial charge >= 0.3 is 11.9 Å². The molecule has 0 unspecified atom stereocenters.